The van der Waals surface area contributed by atoms with Crippen LogP contribution in [0.4, 0.5) is 0 Å². The number of H-pyrrole nitrogens is 1. The lowest BCUT2D eigenvalue weighted by Crippen LogP contribution is -1.97. The van der Waals surface area contributed by atoms with Gasteiger partial charge in [-0.15, -0.1) is 0 Å². The van der Waals surface area contributed by atoms with Gasteiger partial charge in [-0.25, -0.2) is 4.98 Å². The van der Waals surface area contributed by atoms with Crippen LogP contribution >= 0.6 is 11.6 Å². The van der Waals surface area contributed by atoms with E-state index in [-0.39, 0.29) is 0 Å². The zero-order valence-corrected chi connectivity index (χ0v) is 13.7. The highest BCUT2D eigenvalue weighted by Gasteiger charge is 2.13. The van der Waals surface area contributed by atoms with E-state index < -0.39 is 0 Å². The summed E-state index contributed by atoms with van der Waals surface area (Å²) >= 11 is 6.14. The molecule has 0 spiro atoms. The smallest absolute Gasteiger partial charge is 0.137 e. The number of benzene rings is 1. The molecule has 0 aliphatic carbocycles. The van der Waals surface area contributed by atoms with Crippen LogP contribution in [0.15, 0.2) is 55.0 Å². The summed E-state index contributed by atoms with van der Waals surface area (Å²) in [6, 6.07) is 13.8. The molecule has 0 atom stereocenters. The van der Waals surface area contributed by atoms with Crippen molar-refractivity contribution >= 4 is 22.6 Å². The van der Waals surface area contributed by atoms with Gasteiger partial charge in [0, 0.05) is 34.6 Å². The van der Waals surface area contributed by atoms with Gasteiger partial charge >= 0.3 is 0 Å². The predicted molar refractivity (Wildman–Crippen MR) is 95.3 cm³/mol. The van der Waals surface area contributed by atoms with Crippen molar-refractivity contribution in [3.8, 4) is 22.9 Å². The van der Waals surface area contributed by atoms with Gasteiger partial charge in [-0.05, 0) is 48.4 Å². The van der Waals surface area contributed by atoms with Crippen LogP contribution in [-0.4, -0.2) is 14.5 Å². The summed E-state index contributed by atoms with van der Waals surface area (Å²) < 4.78 is 1.88. The van der Waals surface area contributed by atoms with Gasteiger partial charge in [-0.1, -0.05) is 17.7 Å². The molecule has 24 heavy (non-hydrogen) atoms. The molecule has 0 fully saturated rings. The maximum Gasteiger partial charge on any atom is 0.137 e. The van der Waals surface area contributed by atoms with E-state index in [0.29, 0.717) is 10.7 Å². The molecule has 1 N–H and O–H groups in total. The number of aromatic nitrogens is 3. The highest BCUT2D eigenvalue weighted by atomic mass is 35.5. The Labute approximate surface area is 144 Å². The van der Waals surface area contributed by atoms with Crippen LogP contribution < -0.4 is 0 Å². The second-order valence-electron chi connectivity index (χ2n) is 5.63. The molecule has 1 aromatic carbocycles. The van der Waals surface area contributed by atoms with E-state index in [9.17, 15) is 5.26 Å². The van der Waals surface area contributed by atoms with E-state index in [2.05, 4.69) is 16.0 Å². The first kappa shape index (κ1) is 14.6. The lowest BCUT2D eigenvalue weighted by atomic mass is 10.1. The molecule has 116 valence electrons. The molecular formula is C19H13ClN4. The van der Waals surface area contributed by atoms with Crippen LogP contribution in [0.3, 0.4) is 0 Å². The molecule has 4 rings (SSSR count). The number of aryl methyl sites for hydroxylation is 1. The third-order valence-electron chi connectivity index (χ3n) is 4.14. The summed E-state index contributed by atoms with van der Waals surface area (Å²) in [5.41, 5.74) is 5.37. The first-order valence-electron chi connectivity index (χ1n) is 7.49. The van der Waals surface area contributed by atoms with E-state index in [4.69, 9.17) is 11.6 Å². The Morgan fingerprint density at radius 3 is 2.92 bits per heavy atom. The molecule has 0 aliphatic heterocycles. The lowest BCUT2D eigenvalue weighted by Gasteiger charge is -2.09. The van der Waals surface area contributed by atoms with Crippen molar-refractivity contribution in [2.24, 2.45) is 0 Å². The van der Waals surface area contributed by atoms with E-state index in [1.54, 1.807) is 6.20 Å². The highest BCUT2D eigenvalue weighted by molar-refractivity contribution is 6.30. The molecule has 0 aliphatic rings. The molecule has 0 saturated carbocycles. The Kier molecular flexibility index (Phi) is 3.37. The molecule has 0 saturated heterocycles. The number of nitrogens with one attached hydrogen (secondary N) is 1. The van der Waals surface area contributed by atoms with Crippen LogP contribution in [0.2, 0.25) is 5.02 Å². The summed E-state index contributed by atoms with van der Waals surface area (Å²) in [5.74, 6) is 0. The molecule has 3 heterocycles. The second kappa shape index (κ2) is 5.55. The minimum absolute atomic E-state index is 0.566. The third kappa shape index (κ3) is 2.27. The Balaban J connectivity index is 1.95. The van der Waals surface area contributed by atoms with Gasteiger partial charge in [0.2, 0.25) is 0 Å². The Hall–Kier alpha value is -3.03. The van der Waals surface area contributed by atoms with Gasteiger partial charge < -0.3 is 9.55 Å². The highest BCUT2D eigenvalue weighted by Crippen LogP contribution is 2.31. The van der Waals surface area contributed by atoms with Gasteiger partial charge in [0.1, 0.15) is 17.4 Å². The summed E-state index contributed by atoms with van der Waals surface area (Å²) in [7, 11) is 0. The number of fused-ring (bicyclic) bond motifs is 1. The average molecular weight is 333 g/mol. The monoisotopic (exact) mass is 332 g/mol. The number of nitrogens with zero attached hydrogens (tertiary/aromatic N) is 3. The van der Waals surface area contributed by atoms with Crippen molar-refractivity contribution in [3.05, 3.63) is 71.3 Å². The van der Waals surface area contributed by atoms with Crippen LogP contribution in [-0.2, 0) is 0 Å². The van der Waals surface area contributed by atoms with Crippen molar-refractivity contribution in [2.45, 2.75) is 6.92 Å². The van der Waals surface area contributed by atoms with E-state index >= 15 is 0 Å². The molecular weight excluding hydrogens is 320 g/mol. The minimum Gasteiger partial charge on any atom is -0.346 e. The Morgan fingerprint density at radius 1 is 1.21 bits per heavy atom. The normalized spacial score (nSPS) is 10.9. The van der Waals surface area contributed by atoms with Gasteiger partial charge in [0.25, 0.3) is 0 Å². The van der Waals surface area contributed by atoms with E-state index in [1.807, 2.05) is 60.3 Å². The molecule has 0 bridgehead atoms. The summed E-state index contributed by atoms with van der Waals surface area (Å²) in [4.78, 5) is 7.43. The molecule has 0 radical (unpaired) electrons. The minimum atomic E-state index is 0.566. The Morgan fingerprint density at radius 2 is 2.08 bits per heavy atom. The number of hydrogen-bond acceptors (Lipinski definition) is 2. The van der Waals surface area contributed by atoms with Gasteiger partial charge in [-0.2, -0.15) is 5.26 Å². The number of nitriles is 1. The number of aromatic amines is 1. The average Bonchev–Trinajstić information content (AvgIpc) is 3.23. The molecule has 4 nitrogen and oxygen atoms in total. The maximum atomic E-state index is 9.55. The summed E-state index contributed by atoms with van der Waals surface area (Å²) in [6.45, 7) is 2.00. The summed E-state index contributed by atoms with van der Waals surface area (Å²) in [5, 5.41) is 11.2. The number of rotatable bonds is 2. The van der Waals surface area contributed by atoms with Crippen molar-refractivity contribution in [1.29, 1.82) is 5.26 Å². The zero-order valence-electron chi connectivity index (χ0n) is 12.9. The van der Waals surface area contributed by atoms with Crippen molar-refractivity contribution in [1.82, 2.24) is 14.5 Å². The second-order valence-corrected chi connectivity index (χ2v) is 6.06. The molecule has 3 aromatic heterocycles. The number of hydrogen-bond donors (Lipinski definition) is 1. The molecule has 5 heteroatoms. The van der Waals surface area contributed by atoms with Crippen molar-refractivity contribution in [2.75, 3.05) is 0 Å². The van der Waals surface area contributed by atoms with Crippen LogP contribution in [0, 0.1) is 18.3 Å². The van der Waals surface area contributed by atoms with Crippen LogP contribution in [0.25, 0.3) is 27.8 Å². The van der Waals surface area contributed by atoms with E-state index in [0.717, 1.165) is 33.4 Å². The quantitative estimate of drug-likeness (QED) is 0.570. The predicted octanol–water partition coefficient (Wildman–Crippen LogP) is 4.85. The first-order chi connectivity index (χ1) is 11.7. The first-order valence-corrected chi connectivity index (χ1v) is 7.86. The molecule has 0 amide bonds. The number of halogens is 1. The molecule has 0 unspecified atom stereocenters. The molecule has 4 aromatic rings. The number of pyridine rings is 1. The van der Waals surface area contributed by atoms with Crippen LogP contribution in [0.1, 0.15) is 11.3 Å². The standard InChI is InChI=1S/C19H13ClN4/c1-12-2-3-14(20)9-18(12)24-11-13(8-15(24)10-21)16-4-6-22-19-17(16)5-7-23-19/h2-9,11H,1H3,(H,22,23). The third-order valence-corrected chi connectivity index (χ3v) is 4.37. The van der Waals surface area contributed by atoms with Gasteiger partial charge in [0.15, 0.2) is 0 Å². The van der Waals surface area contributed by atoms with E-state index in [1.165, 1.54) is 0 Å². The summed E-state index contributed by atoms with van der Waals surface area (Å²) in [6.07, 6.45) is 5.60. The van der Waals surface area contributed by atoms with Crippen LogP contribution in [0.5, 0.6) is 0 Å². The fraction of sp³-hybridized carbons (Fsp3) is 0.0526. The van der Waals surface area contributed by atoms with Crippen molar-refractivity contribution in [3.63, 3.8) is 0 Å². The topological polar surface area (TPSA) is 57.4 Å². The van der Waals surface area contributed by atoms with Gasteiger partial charge in [-0.3, -0.25) is 0 Å². The SMILES string of the molecule is Cc1ccc(Cl)cc1-n1cc(-c2ccnc3[nH]ccc23)cc1C#N. The maximum absolute atomic E-state index is 9.55. The largest absolute Gasteiger partial charge is 0.346 e. The Bertz CT molecular complexity index is 1100. The fourth-order valence-corrected chi connectivity index (χ4v) is 3.12. The van der Waals surface area contributed by atoms with Gasteiger partial charge in [0.05, 0.1) is 5.69 Å². The lowest BCUT2D eigenvalue weighted by molar-refractivity contribution is 1.04. The zero-order chi connectivity index (χ0) is 16.7. The fourth-order valence-electron chi connectivity index (χ4n) is 2.95. The van der Waals surface area contributed by atoms with Crippen molar-refractivity contribution < 1.29 is 0 Å².